The Kier molecular flexibility index (Phi) is 7.59. The van der Waals surface area contributed by atoms with Crippen molar-refractivity contribution >= 4 is 10.0 Å². The summed E-state index contributed by atoms with van der Waals surface area (Å²) in [5, 5.41) is 8.73. The second-order valence-electron chi connectivity index (χ2n) is 3.03. The van der Waals surface area contributed by atoms with Crippen LogP contribution in [-0.2, 0) is 14.8 Å². The van der Waals surface area contributed by atoms with Crippen molar-refractivity contribution in [1.82, 2.24) is 4.31 Å². The minimum absolute atomic E-state index is 0.0364. The summed E-state index contributed by atoms with van der Waals surface area (Å²) in [6, 6.07) is 0. The quantitative estimate of drug-likeness (QED) is 0.447. The standard InChI is InChI=1S/C9H19NO4S/c1-3-5-10(6-7-11)15(12,13)9-4-8-14-2/h3,11H,1,4-9H2,2H3. The van der Waals surface area contributed by atoms with Gasteiger partial charge in [0.25, 0.3) is 0 Å². The lowest BCUT2D eigenvalue weighted by atomic mass is 10.5. The zero-order chi connectivity index (χ0) is 11.7. The molecule has 0 saturated heterocycles. The first-order valence-corrected chi connectivity index (χ1v) is 6.38. The summed E-state index contributed by atoms with van der Waals surface area (Å²) >= 11 is 0. The Bertz CT molecular complexity index is 263. The maximum Gasteiger partial charge on any atom is 0.214 e. The van der Waals surface area contributed by atoms with Gasteiger partial charge in [-0.15, -0.1) is 6.58 Å². The predicted octanol–water partition coefficient (Wildman–Crippen LogP) is -0.167. The summed E-state index contributed by atoms with van der Waals surface area (Å²) in [6.07, 6.45) is 1.96. The molecule has 0 fully saturated rings. The number of methoxy groups -OCH3 is 1. The fourth-order valence-electron chi connectivity index (χ4n) is 1.11. The molecule has 0 aromatic carbocycles. The van der Waals surface area contributed by atoms with Crippen molar-refractivity contribution in [1.29, 1.82) is 0 Å². The SMILES string of the molecule is C=CCN(CCO)S(=O)(=O)CCCOC. The first-order chi connectivity index (χ1) is 7.08. The number of sulfonamides is 1. The van der Waals surface area contributed by atoms with Crippen molar-refractivity contribution in [2.24, 2.45) is 0 Å². The van der Waals surface area contributed by atoms with E-state index in [0.717, 1.165) is 0 Å². The molecule has 0 amide bonds. The van der Waals surface area contributed by atoms with Gasteiger partial charge < -0.3 is 9.84 Å². The lowest BCUT2D eigenvalue weighted by Gasteiger charge is -2.19. The van der Waals surface area contributed by atoms with E-state index in [4.69, 9.17) is 9.84 Å². The third-order valence-corrected chi connectivity index (χ3v) is 3.75. The van der Waals surface area contributed by atoms with Crippen molar-refractivity contribution in [3.63, 3.8) is 0 Å². The monoisotopic (exact) mass is 237 g/mol. The first-order valence-electron chi connectivity index (χ1n) is 4.77. The highest BCUT2D eigenvalue weighted by atomic mass is 32.2. The first kappa shape index (κ1) is 14.6. The van der Waals surface area contributed by atoms with Gasteiger partial charge >= 0.3 is 0 Å². The Morgan fingerprint density at radius 1 is 1.53 bits per heavy atom. The molecule has 0 aromatic heterocycles. The Labute approximate surface area is 91.4 Å². The smallest absolute Gasteiger partial charge is 0.214 e. The van der Waals surface area contributed by atoms with Crippen LogP contribution < -0.4 is 0 Å². The van der Waals surface area contributed by atoms with Crippen LogP contribution in [0.3, 0.4) is 0 Å². The summed E-state index contributed by atoms with van der Waals surface area (Å²) in [6.45, 7) is 4.06. The Morgan fingerprint density at radius 3 is 2.67 bits per heavy atom. The molecule has 90 valence electrons. The minimum atomic E-state index is -3.30. The molecule has 0 rings (SSSR count). The zero-order valence-electron chi connectivity index (χ0n) is 9.05. The molecule has 0 saturated carbocycles. The number of rotatable bonds is 9. The molecule has 0 aliphatic heterocycles. The van der Waals surface area contributed by atoms with E-state index in [1.807, 2.05) is 0 Å². The largest absolute Gasteiger partial charge is 0.395 e. The van der Waals surface area contributed by atoms with Gasteiger partial charge in [-0.1, -0.05) is 6.08 Å². The second-order valence-corrected chi connectivity index (χ2v) is 5.12. The molecule has 0 unspecified atom stereocenters. The Hall–Kier alpha value is -0.430. The molecular formula is C9H19NO4S. The van der Waals surface area contributed by atoms with Crippen LogP contribution in [0.2, 0.25) is 0 Å². The van der Waals surface area contributed by atoms with Crippen LogP contribution >= 0.6 is 0 Å². The number of hydrogen-bond donors (Lipinski definition) is 1. The molecule has 0 aliphatic rings. The van der Waals surface area contributed by atoms with Gasteiger partial charge in [0.1, 0.15) is 0 Å². The average Bonchev–Trinajstić information content (AvgIpc) is 2.18. The van der Waals surface area contributed by atoms with Gasteiger partial charge in [0.05, 0.1) is 12.4 Å². The molecule has 0 bridgehead atoms. The average molecular weight is 237 g/mol. The molecule has 0 heterocycles. The van der Waals surface area contributed by atoms with Gasteiger partial charge in [-0.2, -0.15) is 4.31 Å². The number of aliphatic hydroxyl groups excluding tert-OH is 1. The fraction of sp³-hybridized carbons (Fsp3) is 0.778. The van der Waals surface area contributed by atoms with E-state index in [2.05, 4.69) is 6.58 Å². The van der Waals surface area contributed by atoms with Gasteiger partial charge in [-0.25, -0.2) is 8.42 Å². The normalized spacial score (nSPS) is 11.9. The number of aliphatic hydroxyl groups is 1. The molecule has 0 atom stereocenters. The topological polar surface area (TPSA) is 66.8 Å². The van der Waals surface area contributed by atoms with E-state index >= 15 is 0 Å². The van der Waals surface area contributed by atoms with E-state index in [1.54, 1.807) is 0 Å². The highest BCUT2D eigenvalue weighted by Crippen LogP contribution is 2.03. The highest BCUT2D eigenvalue weighted by molar-refractivity contribution is 7.89. The maximum atomic E-state index is 11.7. The van der Waals surface area contributed by atoms with Crippen LogP contribution in [0.4, 0.5) is 0 Å². The summed E-state index contributed by atoms with van der Waals surface area (Å²) in [5.41, 5.74) is 0. The van der Waals surface area contributed by atoms with E-state index < -0.39 is 10.0 Å². The molecule has 0 radical (unpaired) electrons. The van der Waals surface area contributed by atoms with Crippen LogP contribution in [0.25, 0.3) is 0 Å². The third kappa shape index (κ3) is 5.88. The van der Waals surface area contributed by atoms with E-state index in [0.29, 0.717) is 13.0 Å². The molecule has 0 aliphatic carbocycles. The van der Waals surface area contributed by atoms with Crippen molar-refractivity contribution in [3.8, 4) is 0 Å². The zero-order valence-corrected chi connectivity index (χ0v) is 9.87. The summed E-state index contributed by atoms with van der Waals surface area (Å²) in [7, 11) is -1.77. The Morgan fingerprint density at radius 2 is 2.20 bits per heavy atom. The lowest BCUT2D eigenvalue weighted by Crippen LogP contribution is -2.35. The number of nitrogens with zero attached hydrogens (tertiary/aromatic N) is 1. The molecule has 15 heavy (non-hydrogen) atoms. The van der Waals surface area contributed by atoms with Gasteiger partial charge in [0.15, 0.2) is 0 Å². The lowest BCUT2D eigenvalue weighted by molar-refractivity contribution is 0.199. The van der Waals surface area contributed by atoms with E-state index in [1.165, 1.54) is 17.5 Å². The van der Waals surface area contributed by atoms with Gasteiger partial charge in [0.2, 0.25) is 10.0 Å². The van der Waals surface area contributed by atoms with Crippen LogP contribution in [0.15, 0.2) is 12.7 Å². The van der Waals surface area contributed by atoms with Gasteiger partial charge in [0, 0.05) is 26.8 Å². The summed E-state index contributed by atoms with van der Waals surface area (Å²) in [4.78, 5) is 0. The van der Waals surface area contributed by atoms with Crippen LogP contribution in [0.1, 0.15) is 6.42 Å². The van der Waals surface area contributed by atoms with Crippen molar-refractivity contribution in [2.75, 3.05) is 39.2 Å². The van der Waals surface area contributed by atoms with Gasteiger partial charge in [-0.05, 0) is 6.42 Å². The minimum Gasteiger partial charge on any atom is -0.395 e. The van der Waals surface area contributed by atoms with Crippen molar-refractivity contribution in [3.05, 3.63) is 12.7 Å². The second kappa shape index (κ2) is 7.81. The highest BCUT2D eigenvalue weighted by Gasteiger charge is 2.19. The van der Waals surface area contributed by atoms with E-state index in [-0.39, 0.29) is 25.4 Å². The van der Waals surface area contributed by atoms with Crippen LogP contribution in [0, 0.1) is 0 Å². The maximum absolute atomic E-state index is 11.7. The van der Waals surface area contributed by atoms with Crippen molar-refractivity contribution < 1.29 is 18.3 Å². The third-order valence-electron chi connectivity index (χ3n) is 1.83. The number of hydrogen-bond acceptors (Lipinski definition) is 4. The Balaban J connectivity index is 4.28. The number of ether oxygens (including phenoxy) is 1. The summed E-state index contributed by atoms with van der Waals surface area (Å²) in [5.74, 6) is 0.0364. The van der Waals surface area contributed by atoms with Crippen molar-refractivity contribution in [2.45, 2.75) is 6.42 Å². The molecule has 5 nitrogen and oxygen atoms in total. The molecule has 6 heteroatoms. The molecule has 0 aromatic rings. The van der Waals surface area contributed by atoms with Gasteiger partial charge in [-0.3, -0.25) is 0 Å². The molecule has 0 spiro atoms. The fourth-order valence-corrected chi connectivity index (χ4v) is 2.55. The summed E-state index contributed by atoms with van der Waals surface area (Å²) < 4.78 is 29.4. The predicted molar refractivity (Wildman–Crippen MR) is 59.1 cm³/mol. The molecular weight excluding hydrogens is 218 g/mol. The van der Waals surface area contributed by atoms with Crippen LogP contribution in [-0.4, -0.2) is 57.0 Å². The van der Waals surface area contributed by atoms with Crippen LogP contribution in [0.5, 0.6) is 0 Å². The van der Waals surface area contributed by atoms with E-state index in [9.17, 15) is 8.42 Å². The molecule has 1 N–H and O–H groups in total.